The summed E-state index contributed by atoms with van der Waals surface area (Å²) in [6.45, 7) is 1.44. The summed E-state index contributed by atoms with van der Waals surface area (Å²) in [7, 11) is 0. The summed E-state index contributed by atoms with van der Waals surface area (Å²) < 4.78 is 41.8. The minimum absolute atomic E-state index is 0.0130. The van der Waals surface area contributed by atoms with Gasteiger partial charge in [0.15, 0.2) is 0 Å². The van der Waals surface area contributed by atoms with Gasteiger partial charge in [-0.05, 0) is 72.6 Å². The first-order valence-electron chi connectivity index (χ1n) is 16.2. The topological polar surface area (TPSA) is 0 Å². The van der Waals surface area contributed by atoms with Gasteiger partial charge in [-0.2, -0.15) is 0 Å². The summed E-state index contributed by atoms with van der Waals surface area (Å²) >= 11 is 0. The molecule has 2 fully saturated rings. The third-order valence-electron chi connectivity index (χ3n) is 9.98. The van der Waals surface area contributed by atoms with Crippen LogP contribution in [0.4, 0.5) is 13.2 Å². The maximum Gasteiger partial charge on any atom is 0.131 e. The Labute approximate surface area is 236 Å². The number of alkyl halides is 1. The van der Waals surface area contributed by atoms with Crippen LogP contribution >= 0.6 is 0 Å². The van der Waals surface area contributed by atoms with E-state index in [-0.39, 0.29) is 11.4 Å². The Kier molecular flexibility index (Phi) is 12.3. The van der Waals surface area contributed by atoms with Gasteiger partial charge in [0, 0.05) is 11.1 Å². The number of hydrogen-bond donors (Lipinski definition) is 0. The van der Waals surface area contributed by atoms with Crippen molar-refractivity contribution in [3.63, 3.8) is 0 Å². The molecule has 0 heterocycles. The molecule has 2 aliphatic rings. The zero-order valence-corrected chi connectivity index (χ0v) is 24.3. The van der Waals surface area contributed by atoms with Crippen molar-refractivity contribution in [2.24, 2.45) is 17.8 Å². The van der Waals surface area contributed by atoms with Crippen LogP contribution in [-0.4, -0.2) is 0 Å². The molecule has 216 valence electrons. The van der Waals surface area contributed by atoms with Crippen LogP contribution in [0, 0.1) is 29.4 Å². The second-order valence-electron chi connectivity index (χ2n) is 12.8. The lowest BCUT2D eigenvalue weighted by Gasteiger charge is -2.32. The van der Waals surface area contributed by atoms with Gasteiger partial charge in [0.25, 0.3) is 0 Å². The fraction of sp³-hybridized carbons (Fsp3) is 0.667. The second kappa shape index (κ2) is 15.9. The van der Waals surface area contributed by atoms with E-state index in [2.05, 4.69) is 6.92 Å². The van der Waals surface area contributed by atoms with Crippen molar-refractivity contribution < 1.29 is 13.2 Å². The average Bonchev–Trinajstić information content (AvgIpc) is 2.96. The van der Waals surface area contributed by atoms with Crippen LogP contribution < -0.4 is 0 Å². The van der Waals surface area contributed by atoms with Crippen LogP contribution in [0.1, 0.15) is 140 Å². The van der Waals surface area contributed by atoms with E-state index >= 15 is 0 Å². The maximum atomic E-state index is 15.0. The molecule has 0 aromatic heterocycles. The molecule has 0 spiro atoms. The van der Waals surface area contributed by atoms with E-state index in [9.17, 15) is 13.2 Å². The number of hydrogen-bond acceptors (Lipinski definition) is 0. The Bertz CT molecular complexity index is 983. The van der Waals surface area contributed by atoms with Gasteiger partial charge in [-0.15, -0.1) is 0 Å². The molecule has 0 N–H and O–H groups in total. The molecule has 0 saturated heterocycles. The minimum atomic E-state index is -0.851. The lowest BCUT2D eigenvalue weighted by atomic mass is 9.74. The molecule has 0 aliphatic heterocycles. The highest BCUT2D eigenvalue weighted by Crippen LogP contribution is 2.41. The monoisotopic (exact) mass is 540 g/mol. The lowest BCUT2D eigenvalue weighted by molar-refractivity contribution is 0.222. The van der Waals surface area contributed by atoms with Crippen molar-refractivity contribution in [3.05, 3.63) is 59.2 Å². The second-order valence-corrected chi connectivity index (χ2v) is 12.8. The predicted octanol–water partition coefficient (Wildman–Crippen LogP) is 12.1. The third kappa shape index (κ3) is 9.12. The fourth-order valence-electron chi connectivity index (χ4n) is 7.30. The van der Waals surface area contributed by atoms with Gasteiger partial charge >= 0.3 is 0 Å². The van der Waals surface area contributed by atoms with Gasteiger partial charge in [0.2, 0.25) is 0 Å². The van der Waals surface area contributed by atoms with Gasteiger partial charge in [-0.3, -0.25) is 0 Å². The van der Waals surface area contributed by atoms with E-state index in [4.69, 9.17) is 0 Å². The smallest absolute Gasteiger partial charge is 0.131 e. The molecule has 0 amide bonds. The molecular formula is C36H51F3. The predicted molar refractivity (Wildman–Crippen MR) is 159 cm³/mol. The molecule has 2 aromatic rings. The van der Waals surface area contributed by atoms with Gasteiger partial charge in [0.05, 0.1) is 0 Å². The zero-order chi connectivity index (χ0) is 27.5. The molecule has 3 heteroatoms. The normalized spacial score (nSPS) is 23.7. The minimum Gasteiger partial charge on any atom is -0.246 e. The Morgan fingerprint density at radius 1 is 0.615 bits per heavy atom. The molecule has 0 radical (unpaired) electrons. The van der Waals surface area contributed by atoms with Crippen LogP contribution in [0.3, 0.4) is 0 Å². The van der Waals surface area contributed by atoms with Crippen molar-refractivity contribution in [1.29, 1.82) is 0 Å². The first-order valence-corrected chi connectivity index (χ1v) is 16.2. The van der Waals surface area contributed by atoms with Crippen molar-refractivity contribution in [2.45, 2.75) is 135 Å². The highest BCUT2D eigenvalue weighted by molar-refractivity contribution is 5.65. The zero-order valence-electron chi connectivity index (χ0n) is 24.3. The molecule has 2 aromatic carbocycles. The third-order valence-corrected chi connectivity index (χ3v) is 9.98. The summed E-state index contributed by atoms with van der Waals surface area (Å²) in [5.74, 6) is 2.24. The van der Waals surface area contributed by atoms with Gasteiger partial charge < -0.3 is 0 Å². The van der Waals surface area contributed by atoms with E-state index in [0.717, 1.165) is 36.2 Å². The van der Waals surface area contributed by atoms with E-state index in [1.165, 1.54) is 115 Å². The van der Waals surface area contributed by atoms with Crippen molar-refractivity contribution in [3.8, 4) is 11.1 Å². The van der Waals surface area contributed by atoms with E-state index in [1.807, 2.05) is 6.07 Å². The molecule has 39 heavy (non-hydrogen) atoms. The quantitative estimate of drug-likeness (QED) is 0.209. The summed E-state index contributed by atoms with van der Waals surface area (Å²) in [5.41, 5.74) is 1.92. The van der Waals surface area contributed by atoms with E-state index in [0.29, 0.717) is 17.0 Å². The molecule has 0 bridgehead atoms. The number of rotatable bonds is 14. The Balaban J connectivity index is 1.13. The SMILES string of the molecule is CCCCCCCCC[C@H]1CC[C@H](CCC2CCC(c3ccc(-c4ccc(CF)c(F)c4)c(F)c3)CC2)CC1. The summed E-state index contributed by atoms with van der Waals surface area (Å²) in [6, 6.07) is 9.67. The number of unbranched alkanes of at least 4 members (excludes halogenated alkanes) is 6. The molecule has 0 atom stereocenters. The summed E-state index contributed by atoms with van der Waals surface area (Å²) in [6.07, 6.45) is 24.8. The fourth-order valence-corrected chi connectivity index (χ4v) is 7.30. The Morgan fingerprint density at radius 2 is 1.21 bits per heavy atom. The first kappa shape index (κ1) is 30.2. The highest BCUT2D eigenvalue weighted by Gasteiger charge is 2.26. The Hall–Kier alpha value is -1.77. The van der Waals surface area contributed by atoms with Crippen LogP contribution in [0.2, 0.25) is 0 Å². The summed E-state index contributed by atoms with van der Waals surface area (Å²) in [5, 5.41) is 0. The molecule has 4 rings (SSSR count). The van der Waals surface area contributed by atoms with Crippen LogP contribution in [0.15, 0.2) is 36.4 Å². The largest absolute Gasteiger partial charge is 0.246 e. The van der Waals surface area contributed by atoms with Crippen molar-refractivity contribution in [2.75, 3.05) is 0 Å². The van der Waals surface area contributed by atoms with Crippen LogP contribution in [0.5, 0.6) is 0 Å². The molecular weight excluding hydrogens is 489 g/mol. The number of halogens is 3. The van der Waals surface area contributed by atoms with Gasteiger partial charge in [-0.1, -0.05) is 121 Å². The van der Waals surface area contributed by atoms with Crippen molar-refractivity contribution in [1.82, 2.24) is 0 Å². The molecule has 0 unspecified atom stereocenters. The van der Waals surface area contributed by atoms with Crippen LogP contribution in [0.25, 0.3) is 11.1 Å². The van der Waals surface area contributed by atoms with E-state index in [1.54, 1.807) is 18.2 Å². The van der Waals surface area contributed by atoms with E-state index < -0.39 is 12.5 Å². The molecule has 2 saturated carbocycles. The number of benzene rings is 2. The van der Waals surface area contributed by atoms with Gasteiger partial charge in [0.1, 0.15) is 18.3 Å². The van der Waals surface area contributed by atoms with Crippen LogP contribution in [-0.2, 0) is 6.67 Å². The first-order chi connectivity index (χ1) is 19.1. The molecule has 2 aliphatic carbocycles. The molecule has 0 nitrogen and oxygen atoms in total. The maximum absolute atomic E-state index is 15.0. The van der Waals surface area contributed by atoms with Gasteiger partial charge in [-0.25, -0.2) is 13.2 Å². The summed E-state index contributed by atoms with van der Waals surface area (Å²) in [4.78, 5) is 0. The highest BCUT2D eigenvalue weighted by atomic mass is 19.1. The average molecular weight is 541 g/mol. The standard InChI is InChI=1S/C36H51F3/c1-2-3-4-5-6-7-8-9-27-10-12-28(13-11-27)14-15-29-16-18-30(19-17-29)31-22-23-34(36(39)24-31)32-20-21-33(26-37)35(38)25-32/h20-25,27-30H,2-19,26H2,1H3/t27-,28-,29?,30?. The van der Waals surface area contributed by atoms with Crippen molar-refractivity contribution >= 4 is 0 Å². The Morgan fingerprint density at radius 3 is 1.79 bits per heavy atom. The lowest BCUT2D eigenvalue weighted by Crippen LogP contribution is -2.18.